The number of aryl methyl sites for hydroxylation is 2. The Balaban J connectivity index is 1.53. The first-order valence-electron chi connectivity index (χ1n) is 9.04. The lowest BCUT2D eigenvalue weighted by Gasteiger charge is -2.08. The van der Waals surface area contributed by atoms with Gasteiger partial charge in [0.25, 0.3) is 5.56 Å². The van der Waals surface area contributed by atoms with Gasteiger partial charge < -0.3 is 10.3 Å². The van der Waals surface area contributed by atoms with Crippen LogP contribution in [0.2, 0.25) is 0 Å². The highest BCUT2D eigenvalue weighted by Crippen LogP contribution is 2.19. The molecule has 0 spiro atoms. The first kappa shape index (κ1) is 18.9. The van der Waals surface area contributed by atoms with E-state index in [-0.39, 0.29) is 17.2 Å². The van der Waals surface area contributed by atoms with E-state index in [1.54, 1.807) is 4.68 Å². The van der Waals surface area contributed by atoms with Crippen LogP contribution in [0, 0.1) is 13.8 Å². The Labute approximate surface area is 171 Å². The highest BCUT2D eigenvalue weighted by Gasteiger charge is 2.13. The molecule has 4 rings (SSSR count). The molecule has 0 fully saturated rings. The van der Waals surface area contributed by atoms with E-state index >= 15 is 0 Å². The number of nitrogens with zero attached hydrogens (tertiary/aromatic N) is 3. The summed E-state index contributed by atoms with van der Waals surface area (Å²) in [4.78, 5) is 31.9. The molecule has 0 atom stereocenters. The van der Waals surface area contributed by atoms with Gasteiger partial charge in [0.05, 0.1) is 17.6 Å². The molecule has 0 aliphatic heterocycles. The topological polar surface area (TPSA) is 92.7 Å². The van der Waals surface area contributed by atoms with E-state index in [4.69, 9.17) is 0 Å². The van der Waals surface area contributed by atoms with Gasteiger partial charge in [-0.15, -0.1) is 0 Å². The van der Waals surface area contributed by atoms with Crippen molar-refractivity contribution in [3.63, 3.8) is 0 Å². The number of H-pyrrole nitrogens is 1. The number of thioether (sulfide) groups is 1. The van der Waals surface area contributed by atoms with Crippen LogP contribution < -0.4 is 10.9 Å². The Kier molecular flexibility index (Phi) is 5.18. The molecule has 2 aromatic heterocycles. The zero-order valence-electron chi connectivity index (χ0n) is 16.0. The normalized spacial score (nSPS) is 11.0. The van der Waals surface area contributed by atoms with Crippen LogP contribution in [0.1, 0.15) is 11.1 Å². The lowest BCUT2D eigenvalue weighted by molar-refractivity contribution is -0.113. The monoisotopic (exact) mass is 405 g/mol. The van der Waals surface area contributed by atoms with Gasteiger partial charge in [-0.3, -0.25) is 9.59 Å². The number of fused-ring (bicyclic) bond motifs is 1. The number of carbonyl (C=O) groups is 1. The van der Waals surface area contributed by atoms with Crippen LogP contribution in [0.3, 0.4) is 0 Å². The average molecular weight is 405 g/mol. The Bertz CT molecular complexity index is 1250. The second-order valence-electron chi connectivity index (χ2n) is 6.64. The molecule has 29 heavy (non-hydrogen) atoms. The van der Waals surface area contributed by atoms with Gasteiger partial charge in [0.1, 0.15) is 5.39 Å². The number of aromatic amines is 1. The molecule has 0 saturated heterocycles. The van der Waals surface area contributed by atoms with E-state index in [1.807, 2.05) is 62.4 Å². The van der Waals surface area contributed by atoms with Crippen LogP contribution in [0.4, 0.5) is 5.69 Å². The van der Waals surface area contributed by atoms with Gasteiger partial charge in [-0.1, -0.05) is 36.0 Å². The number of anilines is 1. The summed E-state index contributed by atoms with van der Waals surface area (Å²) >= 11 is 1.17. The minimum absolute atomic E-state index is 0.126. The summed E-state index contributed by atoms with van der Waals surface area (Å²) in [6.07, 6.45) is 1.50. The molecule has 4 aromatic rings. The molecule has 0 saturated carbocycles. The van der Waals surface area contributed by atoms with Gasteiger partial charge in [0.2, 0.25) is 5.91 Å². The number of hydrogen-bond acceptors (Lipinski definition) is 5. The second kappa shape index (κ2) is 7.92. The van der Waals surface area contributed by atoms with E-state index in [9.17, 15) is 9.59 Å². The van der Waals surface area contributed by atoms with E-state index < -0.39 is 0 Å². The summed E-state index contributed by atoms with van der Waals surface area (Å²) < 4.78 is 1.61. The van der Waals surface area contributed by atoms with Crippen LogP contribution >= 0.6 is 11.8 Å². The fourth-order valence-electron chi connectivity index (χ4n) is 2.87. The number of nitrogens with one attached hydrogen (secondary N) is 2. The van der Waals surface area contributed by atoms with Crippen molar-refractivity contribution >= 4 is 34.4 Å². The highest BCUT2D eigenvalue weighted by molar-refractivity contribution is 7.99. The predicted molar refractivity (Wildman–Crippen MR) is 115 cm³/mol. The van der Waals surface area contributed by atoms with Crippen molar-refractivity contribution in [2.45, 2.75) is 19.0 Å². The molecule has 8 heteroatoms. The van der Waals surface area contributed by atoms with Gasteiger partial charge in [-0.2, -0.15) is 5.10 Å². The second-order valence-corrected chi connectivity index (χ2v) is 7.60. The van der Waals surface area contributed by atoms with Crippen molar-refractivity contribution in [1.82, 2.24) is 19.7 Å². The highest BCUT2D eigenvalue weighted by atomic mass is 32.2. The zero-order chi connectivity index (χ0) is 20.4. The van der Waals surface area contributed by atoms with E-state index in [0.29, 0.717) is 16.2 Å². The zero-order valence-corrected chi connectivity index (χ0v) is 16.8. The summed E-state index contributed by atoms with van der Waals surface area (Å²) in [5, 5.41) is 7.92. The number of hydrogen-bond donors (Lipinski definition) is 2. The van der Waals surface area contributed by atoms with E-state index in [2.05, 4.69) is 20.4 Å². The lowest BCUT2D eigenvalue weighted by atomic mass is 10.1. The third-order valence-electron chi connectivity index (χ3n) is 4.55. The molecular weight excluding hydrogens is 386 g/mol. The minimum atomic E-state index is -0.283. The number of aromatic nitrogens is 4. The quantitative estimate of drug-likeness (QED) is 0.392. The van der Waals surface area contributed by atoms with Gasteiger partial charge >= 0.3 is 0 Å². The van der Waals surface area contributed by atoms with Crippen molar-refractivity contribution in [3.05, 3.63) is 76.2 Å². The van der Waals surface area contributed by atoms with Crippen LogP contribution in [0.5, 0.6) is 0 Å². The SMILES string of the molecule is Cc1ccc(NC(=O)CSc2nc3c(cnn3-c3ccccc3)c(=O)[nH]2)cc1C. The summed E-state index contributed by atoms with van der Waals surface area (Å²) in [5.41, 5.74) is 4.01. The summed E-state index contributed by atoms with van der Waals surface area (Å²) in [6.45, 7) is 4.02. The van der Waals surface area contributed by atoms with Crippen LogP contribution in [0.25, 0.3) is 16.7 Å². The van der Waals surface area contributed by atoms with Gasteiger partial charge in [0, 0.05) is 5.69 Å². The molecule has 0 aliphatic rings. The van der Waals surface area contributed by atoms with Crippen molar-refractivity contribution in [2.24, 2.45) is 0 Å². The standard InChI is InChI=1S/C21H19N5O2S/c1-13-8-9-15(10-14(13)2)23-18(27)12-29-21-24-19-17(20(28)25-21)11-22-26(19)16-6-4-3-5-7-16/h3-11H,12H2,1-2H3,(H,23,27)(H,24,25,28). The Morgan fingerprint density at radius 3 is 2.69 bits per heavy atom. The molecule has 0 radical (unpaired) electrons. The predicted octanol–water partition coefficient (Wildman–Crippen LogP) is 3.46. The fourth-order valence-corrected chi connectivity index (χ4v) is 3.53. The molecule has 7 nitrogen and oxygen atoms in total. The molecule has 146 valence electrons. The van der Waals surface area contributed by atoms with Crippen LogP contribution in [-0.4, -0.2) is 31.4 Å². The number of benzene rings is 2. The smallest absolute Gasteiger partial charge is 0.262 e. The maximum absolute atomic E-state index is 12.4. The maximum atomic E-state index is 12.4. The van der Waals surface area contributed by atoms with Crippen LogP contribution in [0.15, 0.2) is 64.7 Å². The fraction of sp³-hybridized carbons (Fsp3) is 0.143. The van der Waals surface area contributed by atoms with E-state index in [1.165, 1.54) is 23.5 Å². The van der Waals surface area contributed by atoms with Gasteiger partial charge in [-0.05, 0) is 49.2 Å². The molecule has 1 amide bonds. The Morgan fingerprint density at radius 2 is 1.93 bits per heavy atom. The van der Waals surface area contributed by atoms with Crippen molar-refractivity contribution in [1.29, 1.82) is 0 Å². The number of amides is 1. The van der Waals surface area contributed by atoms with E-state index in [0.717, 1.165) is 16.9 Å². The maximum Gasteiger partial charge on any atom is 0.262 e. The number of para-hydroxylation sites is 1. The number of rotatable bonds is 5. The minimum Gasteiger partial charge on any atom is -0.325 e. The lowest BCUT2D eigenvalue weighted by Crippen LogP contribution is -2.15. The third kappa shape index (κ3) is 4.07. The van der Waals surface area contributed by atoms with Crippen molar-refractivity contribution in [3.8, 4) is 5.69 Å². The molecule has 2 heterocycles. The summed E-state index contributed by atoms with van der Waals surface area (Å²) in [6, 6.07) is 15.2. The van der Waals surface area contributed by atoms with Gasteiger partial charge in [0.15, 0.2) is 10.8 Å². The number of carbonyl (C=O) groups excluding carboxylic acids is 1. The third-order valence-corrected chi connectivity index (χ3v) is 5.42. The Morgan fingerprint density at radius 1 is 1.14 bits per heavy atom. The molecule has 2 N–H and O–H groups in total. The largest absolute Gasteiger partial charge is 0.325 e. The van der Waals surface area contributed by atoms with Gasteiger partial charge in [-0.25, -0.2) is 9.67 Å². The Hall–Kier alpha value is -3.39. The average Bonchev–Trinajstić information content (AvgIpc) is 3.14. The molecule has 0 bridgehead atoms. The van der Waals surface area contributed by atoms with Crippen molar-refractivity contribution in [2.75, 3.05) is 11.1 Å². The molecule has 0 aliphatic carbocycles. The van der Waals surface area contributed by atoms with Crippen molar-refractivity contribution < 1.29 is 4.79 Å². The molecule has 2 aromatic carbocycles. The summed E-state index contributed by atoms with van der Waals surface area (Å²) in [7, 11) is 0. The summed E-state index contributed by atoms with van der Waals surface area (Å²) in [5.74, 6) is -0.0431. The first-order chi connectivity index (χ1) is 14.0. The first-order valence-corrected chi connectivity index (χ1v) is 10.0. The molecular formula is C21H19N5O2S. The van der Waals surface area contributed by atoms with Crippen LogP contribution in [-0.2, 0) is 4.79 Å². The molecule has 0 unspecified atom stereocenters.